The molecule has 0 saturated carbocycles. The first-order valence-corrected chi connectivity index (χ1v) is 7.77. The van der Waals surface area contributed by atoms with Crippen LogP contribution < -0.4 is 5.73 Å². The molecule has 0 radical (unpaired) electrons. The molecule has 122 valence electrons. The minimum atomic E-state index is 0.00701. The molecule has 0 aromatic carbocycles. The van der Waals surface area contributed by atoms with Crippen molar-refractivity contribution >= 4 is 11.8 Å². The number of morpholine rings is 1. The number of nitrogens with zero attached hydrogens (tertiary/aromatic N) is 2. The first kappa shape index (κ1) is 17.9. The Balaban J connectivity index is 2.24. The number of ether oxygens (including phenoxy) is 1. The van der Waals surface area contributed by atoms with Gasteiger partial charge in [-0.15, -0.1) is 0 Å². The van der Waals surface area contributed by atoms with Crippen molar-refractivity contribution in [3.8, 4) is 0 Å². The summed E-state index contributed by atoms with van der Waals surface area (Å²) in [5.74, 6) is 0.461. The van der Waals surface area contributed by atoms with Crippen molar-refractivity contribution in [2.45, 2.75) is 39.2 Å². The van der Waals surface area contributed by atoms with Crippen LogP contribution in [-0.4, -0.2) is 67.6 Å². The van der Waals surface area contributed by atoms with Crippen LogP contribution in [0, 0.1) is 5.92 Å². The molecule has 1 unspecified atom stereocenters. The highest BCUT2D eigenvalue weighted by Gasteiger charge is 2.19. The number of rotatable bonds is 7. The van der Waals surface area contributed by atoms with Crippen LogP contribution in [0.5, 0.6) is 0 Å². The zero-order valence-electron chi connectivity index (χ0n) is 13.5. The van der Waals surface area contributed by atoms with E-state index in [-0.39, 0.29) is 30.7 Å². The van der Waals surface area contributed by atoms with Gasteiger partial charge in [-0.2, -0.15) is 0 Å². The molecule has 2 N–H and O–H groups in total. The van der Waals surface area contributed by atoms with Gasteiger partial charge in [0.05, 0.1) is 13.2 Å². The fraction of sp³-hybridized carbons (Fsp3) is 0.867. The molecule has 1 aliphatic rings. The van der Waals surface area contributed by atoms with Gasteiger partial charge in [-0.05, 0) is 12.3 Å². The molecule has 1 rings (SSSR count). The van der Waals surface area contributed by atoms with Crippen LogP contribution in [0.4, 0.5) is 0 Å². The normalized spacial score (nSPS) is 16.9. The Labute approximate surface area is 127 Å². The van der Waals surface area contributed by atoms with Gasteiger partial charge in [0.1, 0.15) is 0 Å². The van der Waals surface area contributed by atoms with E-state index in [4.69, 9.17) is 10.5 Å². The molecule has 0 spiro atoms. The summed E-state index contributed by atoms with van der Waals surface area (Å²) in [7, 11) is 1.77. The third-order valence-corrected chi connectivity index (χ3v) is 4.00. The highest BCUT2D eigenvalue weighted by atomic mass is 16.5. The van der Waals surface area contributed by atoms with Crippen molar-refractivity contribution in [3.63, 3.8) is 0 Å². The third-order valence-electron chi connectivity index (χ3n) is 4.00. The van der Waals surface area contributed by atoms with Gasteiger partial charge < -0.3 is 20.3 Å². The molecule has 0 aromatic heterocycles. The van der Waals surface area contributed by atoms with Gasteiger partial charge in [0.25, 0.3) is 0 Å². The summed E-state index contributed by atoms with van der Waals surface area (Å²) in [6.07, 6.45) is 1.33. The monoisotopic (exact) mass is 299 g/mol. The molecule has 0 aromatic rings. The van der Waals surface area contributed by atoms with Gasteiger partial charge in [-0.1, -0.05) is 13.8 Å². The Hall–Kier alpha value is -1.14. The van der Waals surface area contributed by atoms with E-state index in [9.17, 15) is 9.59 Å². The Morgan fingerprint density at radius 2 is 1.86 bits per heavy atom. The van der Waals surface area contributed by atoms with Crippen LogP contribution in [0.3, 0.4) is 0 Å². The van der Waals surface area contributed by atoms with Crippen LogP contribution in [0.25, 0.3) is 0 Å². The van der Waals surface area contributed by atoms with E-state index in [2.05, 4.69) is 13.8 Å². The van der Waals surface area contributed by atoms with Crippen molar-refractivity contribution < 1.29 is 14.3 Å². The molecular formula is C15H29N3O3. The van der Waals surface area contributed by atoms with Crippen molar-refractivity contribution in [1.29, 1.82) is 0 Å². The summed E-state index contributed by atoms with van der Waals surface area (Å²) in [5.41, 5.74) is 5.97. The average molecular weight is 299 g/mol. The highest BCUT2D eigenvalue weighted by Crippen LogP contribution is 2.07. The summed E-state index contributed by atoms with van der Waals surface area (Å²) >= 11 is 0. The fourth-order valence-corrected chi connectivity index (χ4v) is 2.18. The Morgan fingerprint density at radius 3 is 2.43 bits per heavy atom. The van der Waals surface area contributed by atoms with E-state index in [0.717, 1.165) is 6.42 Å². The van der Waals surface area contributed by atoms with Gasteiger partial charge >= 0.3 is 0 Å². The Morgan fingerprint density at radius 1 is 1.24 bits per heavy atom. The maximum atomic E-state index is 12.0. The summed E-state index contributed by atoms with van der Waals surface area (Å²) in [4.78, 5) is 27.4. The number of nitrogens with two attached hydrogens (primary N) is 1. The second-order valence-electron chi connectivity index (χ2n) is 6.00. The maximum absolute atomic E-state index is 12.0. The average Bonchev–Trinajstić information content (AvgIpc) is 2.50. The quantitative estimate of drug-likeness (QED) is 0.741. The second-order valence-corrected chi connectivity index (χ2v) is 6.00. The summed E-state index contributed by atoms with van der Waals surface area (Å²) in [6.45, 7) is 7.24. The molecule has 6 nitrogen and oxygen atoms in total. The van der Waals surface area contributed by atoms with Crippen LogP contribution >= 0.6 is 0 Å². The van der Waals surface area contributed by atoms with Crippen LogP contribution in [-0.2, 0) is 14.3 Å². The first-order valence-electron chi connectivity index (χ1n) is 7.77. The molecule has 1 heterocycles. The highest BCUT2D eigenvalue weighted by molar-refractivity contribution is 5.83. The molecule has 1 aliphatic heterocycles. The van der Waals surface area contributed by atoms with Crippen LogP contribution in [0.1, 0.15) is 33.1 Å². The fourth-order valence-electron chi connectivity index (χ4n) is 2.18. The third kappa shape index (κ3) is 6.44. The lowest BCUT2D eigenvalue weighted by atomic mass is 10.0. The van der Waals surface area contributed by atoms with Gasteiger partial charge in [0.15, 0.2) is 0 Å². The van der Waals surface area contributed by atoms with Gasteiger partial charge in [-0.3, -0.25) is 9.59 Å². The Kier molecular flexibility index (Phi) is 7.67. The SMILES string of the molecule is CC(C)C(N)CCN(C)C(=O)CCC(=O)N1CCOCC1. The maximum Gasteiger partial charge on any atom is 0.223 e. The predicted octanol–water partition coefficient (Wildman–Crippen LogP) is 0.457. The number of hydrogen-bond donors (Lipinski definition) is 1. The first-order chi connectivity index (χ1) is 9.91. The molecule has 1 atom stereocenters. The molecule has 21 heavy (non-hydrogen) atoms. The predicted molar refractivity (Wildman–Crippen MR) is 81.7 cm³/mol. The molecule has 0 bridgehead atoms. The lowest BCUT2D eigenvalue weighted by molar-refractivity contribution is -0.139. The van der Waals surface area contributed by atoms with Crippen molar-refractivity contribution in [1.82, 2.24) is 9.80 Å². The molecule has 2 amide bonds. The van der Waals surface area contributed by atoms with E-state index in [1.807, 2.05) is 0 Å². The van der Waals surface area contributed by atoms with Gasteiger partial charge in [0.2, 0.25) is 11.8 Å². The smallest absolute Gasteiger partial charge is 0.223 e. The van der Waals surface area contributed by atoms with Crippen molar-refractivity contribution in [2.75, 3.05) is 39.9 Å². The number of amides is 2. The van der Waals surface area contributed by atoms with E-state index in [0.29, 0.717) is 38.8 Å². The van der Waals surface area contributed by atoms with E-state index in [1.165, 1.54) is 0 Å². The Bertz CT molecular complexity index is 341. The summed E-state index contributed by atoms with van der Waals surface area (Å²) in [6, 6.07) is 0.107. The molecule has 0 aliphatic carbocycles. The molecule has 6 heteroatoms. The van der Waals surface area contributed by atoms with Crippen LogP contribution in [0.2, 0.25) is 0 Å². The molecular weight excluding hydrogens is 270 g/mol. The largest absolute Gasteiger partial charge is 0.378 e. The zero-order chi connectivity index (χ0) is 15.8. The summed E-state index contributed by atoms with van der Waals surface area (Å²) in [5, 5.41) is 0. The molecule has 1 fully saturated rings. The van der Waals surface area contributed by atoms with E-state index in [1.54, 1.807) is 16.8 Å². The number of hydrogen-bond acceptors (Lipinski definition) is 4. The summed E-state index contributed by atoms with van der Waals surface area (Å²) < 4.78 is 5.21. The van der Waals surface area contributed by atoms with Crippen molar-refractivity contribution in [2.24, 2.45) is 11.7 Å². The van der Waals surface area contributed by atoms with E-state index < -0.39 is 0 Å². The number of carbonyl (C=O) groups excluding carboxylic acids is 2. The van der Waals surface area contributed by atoms with Crippen molar-refractivity contribution in [3.05, 3.63) is 0 Å². The zero-order valence-corrected chi connectivity index (χ0v) is 13.5. The lowest BCUT2D eigenvalue weighted by Gasteiger charge is -2.27. The topological polar surface area (TPSA) is 75.9 Å². The minimum absolute atomic E-state index is 0.00701. The number of carbonyl (C=O) groups is 2. The van der Waals surface area contributed by atoms with E-state index >= 15 is 0 Å². The van der Waals surface area contributed by atoms with Gasteiger partial charge in [0, 0.05) is 45.6 Å². The lowest BCUT2D eigenvalue weighted by Crippen LogP contribution is -2.41. The second kappa shape index (κ2) is 9.00. The standard InChI is InChI=1S/C15H29N3O3/c1-12(2)13(16)6-7-17(3)14(19)4-5-15(20)18-8-10-21-11-9-18/h12-13H,4-11,16H2,1-3H3. The van der Waals surface area contributed by atoms with Crippen LogP contribution in [0.15, 0.2) is 0 Å². The van der Waals surface area contributed by atoms with Gasteiger partial charge in [-0.25, -0.2) is 0 Å². The molecule has 1 saturated heterocycles. The minimum Gasteiger partial charge on any atom is -0.378 e.